The standard InChI is InChI=1S/C7H3F6NO6S2/c8-6(9,10)21(15,16)19-4-2-1-3-14-5(4)20-22(17,18)7(11,12)13/h1-3H. The van der Waals surface area contributed by atoms with Crippen LogP contribution in [-0.2, 0) is 20.2 Å². The van der Waals surface area contributed by atoms with Gasteiger partial charge in [-0.05, 0) is 12.1 Å². The first-order valence-corrected chi connectivity index (χ1v) is 7.45. The van der Waals surface area contributed by atoms with Gasteiger partial charge < -0.3 is 8.37 Å². The minimum Gasteiger partial charge on any atom is -0.370 e. The van der Waals surface area contributed by atoms with Crippen molar-refractivity contribution in [1.82, 2.24) is 4.98 Å². The highest BCUT2D eigenvalue weighted by molar-refractivity contribution is 7.88. The highest BCUT2D eigenvalue weighted by Gasteiger charge is 2.51. The molecule has 0 fully saturated rings. The van der Waals surface area contributed by atoms with Crippen molar-refractivity contribution in [1.29, 1.82) is 0 Å². The van der Waals surface area contributed by atoms with E-state index < -0.39 is 42.9 Å². The maximum Gasteiger partial charge on any atom is 0.534 e. The average molecular weight is 375 g/mol. The molecule has 1 rings (SSSR count). The van der Waals surface area contributed by atoms with Gasteiger partial charge in [0.1, 0.15) is 0 Å². The molecule has 0 bridgehead atoms. The van der Waals surface area contributed by atoms with E-state index in [0.29, 0.717) is 12.3 Å². The molecule has 0 aliphatic rings. The number of rotatable bonds is 4. The fourth-order valence-electron chi connectivity index (χ4n) is 0.819. The summed E-state index contributed by atoms with van der Waals surface area (Å²) in [5.74, 6) is -3.12. The molecule has 0 unspecified atom stereocenters. The van der Waals surface area contributed by atoms with Crippen LogP contribution in [0.2, 0.25) is 0 Å². The topological polar surface area (TPSA) is 99.6 Å². The third-order valence-electron chi connectivity index (χ3n) is 1.69. The molecule has 0 spiro atoms. The van der Waals surface area contributed by atoms with Crippen LogP contribution in [-0.4, -0.2) is 32.8 Å². The van der Waals surface area contributed by atoms with Crippen molar-refractivity contribution < 1.29 is 51.5 Å². The molecule has 1 aromatic rings. The normalized spacial score (nSPS) is 13.7. The summed E-state index contributed by atoms with van der Waals surface area (Å²) in [5, 5.41) is 0. The molecule has 1 aromatic heterocycles. The first-order chi connectivity index (χ1) is 9.67. The van der Waals surface area contributed by atoms with Crippen LogP contribution in [0.3, 0.4) is 0 Å². The highest BCUT2D eigenvalue weighted by atomic mass is 32.2. The number of hydrogen-bond donors (Lipinski definition) is 0. The molecule has 0 N–H and O–H groups in total. The number of pyridine rings is 1. The Labute approximate surface area is 118 Å². The Kier molecular flexibility index (Phi) is 4.53. The molecule has 0 aromatic carbocycles. The van der Waals surface area contributed by atoms with Gasteiger partial charge in [0.15, 0.2) is 0 Å². The van der Waals surface area contributed by atoms with Gasteiger partial charge in [-0.2, -0.15) is 43.2 Å². The number of aromatic nitrogens is 1. The van der Waals surface area contributed by atoms with Gasteiger partial charge in [-0.3, -0.25) is 0 Å². The van der Waals surface area contributed by atoms with Gasteiger partial charge in [0.25, 0.3) is 5.88 Å². The summed E-state index contributed by atoms with van der Waals surface area (Å²) >= 11 is 0. The Morgan fingerprint density at radius 2 is 1.32 bits per heavy atom. The fraction of sp³-hybridized carbons (Fsp3) is 0.286. The van der Waals surface area contributed by atoms with Crippen molar-refractivity contribution in [2.45, 2.75) is 11.0 Å². The average Bonchev–Trinajstić information content (AvgIpc) is 2.28. The second kappa shape index (κ2) is 5.45. The second-order valence-corrected chi connectivity index (χ2v) is 6.35. The SMILES string of the molecule is O=S(=O)(Oc1cccnc1OS(=O)(=O)C(F)(F)F)C(F)(F)F. The van der Waals surface area contributed by atoms with Gasteiger partial charge in [0.2, 0.25) is 5.75 Å². The summed E-state index contributed by atoms with van der Waals surface area (Å²) in [6.45, 7) is 0. The first kappa shape index (κ1) is 18.3. The summed E-state index contributed by atoms with van der Waals surface area (Å²) in [5.41, 5.74) is -11.8. The van der Waals surface area contributed by atoms with E-state index in [2.05, 4.69) is 13.4 Å². The van der Waals surface area contributed by atoms with Crippen LogP contribution >= 0.6 is 0 Å². The molecule has 0 saturated heterocycles. The predicted octanol–water partition coefficient (Wildman–Crippen LogP) is 1.54. The van der Waals surface area contributed by atoms with Crippen molar-refractivity contribution in [3.8, 4) is 11.6 Å². The molecule has 0 atom stereocenters. The van der Waals surface area contributed by atoms with Crippen molar-refractivity contribution in [3.05, 3.63) is 18.3 Å². The van der Waals surface area contributed by atoms with Gasteiger partial charge in [0.05, 0.1) is 0 Å². The van der Waals surface area contributed by atoms with E-state index in [4.69, 9.17) is 0 Å². The van der Waals surface area contributed by atoms with E-state index in [9.17, 15) is 43.2 Å². The second-order valence-electron chi connectivity index (χ2n) is 3.27. The zero-order valence-corrected chi connectivity index (χ0v) is 11.3. The van der Waals surface area contributed by atoms with Crippen molar-refractivity contribution in [3.63, 3.8) is 0 Å². The van der Waals surface area contributed by atoms with Crippen molar-refractivity contribution >= 4 is 20.2 Å². The minimum atomic E-state index is -6.28. The molecule has 0 aliphatic heterocycles. The Morgan fingerprint density at radius 1 is 0.864 bits per heavy atom. The van der Waals surface area contributed by atoms with Crippen molar-refractivity contribution in [2.75, 3.05) is 0 Å². The molecule has 0 saturated carbocycles. The molecule has 15 heteroatoms. The Balaban J connectivity index is 3.23. The lowest BCUT2D eigenvalue weighted by Crippen LogP contribution is -2.30. The number of halogens is 6. The van der Waals surface area contributed by atoms with Crippen LogP contribution in [0.25, 0.3) is 0 Å². The van der Waals surface area contributed by atoms with E-state index in [0.717, 1.165) is 6.07 Å². The molecule has 22 heavy (non-hydrogen) atoms. The van der Waals surface area contributed by atoms with Crippen LogP contribution in [0, 0.1) is 0 Å². The number of hydrogen-bond acceptors (Lipinski definition) is 7. The molecular formula is C7H3F6NO6S2. The largest absolute Gasteiger partial charge is 0.534 e. The molecule has 7 nitrogen and oxygen atoms in total. The third kappa shape index (κ3) is 3.90. The lowest BCUT2D eigenvalue weighted by Gasteiger charge is -2.13. The molecule has 0 aliphatic carbocycles. The Morgan fingerprint density at radius 3 is 1.77 bits per heavy atom. The van der Waals surface area contributed by atoms with Gasteiger partial charge >= 0.3 is 31.3 Å². The number of alkyl halides is 6. The number of nitrogens with zero attached hydrogens (tertiary/aromatic N) is 1. The van der Waals surface area contributed by atoms with Crippen LogP contribution < -0.4 is 8.37 Å². The van der Waals surface area contributed by atoms with Gasteiger partial charge in [0, 0.05) is 6.20 Å². The Hall–Kier alpha value is -1.77. The zero-order valence-electron chi connectivity index (χ0n) is 9.71. The minimum absolute atomic E-state index is 0.414. The smallest absolute Gasteiger partial charge is 0.370 e. The van der Waals surface area contributed by atoms with E-state index in [1.807, 2.05) is 0 Å². The molecular weight excluding hydrogens is 372 g/mol. The highest BCUT2D eigenvalue weighted by Crippen LogP contribution is 2.34. The summed E-state index contributed by atoms with van der Waals surface area (Å²) in [6, 6.07) is 1.19. The molecule has 0 amide bonds. The third-order valence-corrected chi connectivity index (χ3v) is 3.60. The fourth-order valence-corrected chi connectivity index (χ4v) is 1.70. The van der Waals surface area contributed by atoms with E-state index in [-0.39, 0.29) is 0 Å². The molecule has 0 radical (unpaired) electrons. The maximum absolute atomic E-state index is 12.1. The van der Waals surface area contributed by atoms with Crippen LogP contribution in [0.1, 0.15) is 0 Å². The zero-order chi connectivity index (χ0) is 17.4. The van der Waals surface area contributed by atoms with Gasteiger partial charge in [-0.25, -0.2) is 4.98 Å². The van der Waals surface area contributed by atoms with Gasteiger partial charge in [-0.1, -0.05) is 0 Å². The summed E-state index contributed by atoms with van der Waals surface area (Å²) in [7, 11) is -12.5. The summed E-state index contributed by atoms with van der Waals surface area (Å²) in [6.07, 6.45) is 0.633. The summed E-state index contributed by atoms with van der Waals surface area (Å²) in [4.78, 5) is 2.89. The van der Waals surface area contributed by atoms with Crippen LogP contribution in [0.15, 0.2) is 18.3 Å². The molecule has 1 heterocycles. The predicted molar refractivity (Wildman–Crippen MR) is 55.4 cm³/mol. The lowest BCUT2D eigenvalue weighted by molar-refractivity contribution is -0.0514. The van der Waals surface area contributed by atoms with E-state index in [1.165, 1.54) is 0 Å². The van der Waals surface area contributed by atoms with Gasteiger partial charge in [-0.15, -0.1) is 0 Å². The first-order valence-electron chi connectivity index (χ1n) is 4.64. The monoisotopic (exact) mass is 375 g/mol. The molecule has 126 valence electrons. The lowest BCUT2D eigenvalue weighted by atomic mass is 10.4. The van der Waals surface area contributed by atoms with Crippen molar-refractivity contribution in [2.24, 2.45) is 0 Å². The summed E-state index contributed by atoms with van der Waals surface area (Å²) < 4.78 is 122. The Bertz CT molecular complexity index is 687. The maximum atomic E-state index is 12.1. The van der Waals surface area contributed by atoms with E-state index in [1.54, 1.807) is 0 Å². The quantitative estimate of drug-likeness (QED) is 0.447. The van der Waals surface area contributed by atoms with E-state index >= 15 is 0 Å². The van der Waals surface area contributed by atoms with Crippen LogP contribution in [0.5, 0.6) is 11.6 Å². The van der Waals surface area contributed by atoms with Crippen LogP contribution in [0.4, 0.5) is 26.3 Å².